The number of rotatable bonds is 4. The van der Waals surface area contributed by atoms with Gasteiger partial charge in [-0.05, 0) is 81.0 Å². The number of benzene rings is 2. The lowest BCUT2D eigenvalue weighted by Crippen LogP contribution is -2.43. The maximum Gasteiger partial charge on any atom is 0.255 e. The zero-order valence-electron chi connectivity index (χ0n) is 16.4. The van der Waals surface area contributed by atoms with Gasteiger partial charge in [-0.2, -0.15) is 0 Å². The van der Waals surface area contributed by atoms with E-state index in [0.717, 1.165) is 37.1 Å². The van der Waals surface area contributed by atoms with E-state index in [-0.39, 0.29) is 11.8 Å². The van der Waals surface area contributed by atoms with Crippen LogP contribution in [0.1, 0.15) is 64.4 Å². The first-order valence-electron chi connectivity index (χ1n) is 9.79. The highest BCUT2D eigenvalue weighted by atomic mass is 16.2. The summed E-state index contributed by atoms with van der Waals surface area (Å²) in [6, 6.07) is 13.2. The summed E-state index contributed by atoms with van der Waals surface area (Å²) in [6.45, 7) is 6.99. The van der Waals surface area contributed by atoms with Crippen molar-refractivity contribution in [3.63, 3.8) is 0 Å². The molecule has 1 atom stereocenters. The first kappa shape index (κ1) is 19.2. The van der Waals surface area contributed by atoms with Gasteiger partial charge in [0.25, 0.3) is 11.8 Å². The van der Waals surface area contributed by atoms with Crippen LogP contribution in [0.3, 0.4) is 0 Å². The number of nitrogens with zero attached hydrogens (tertiary/aromatic N) is 1. The standard InChI is InChI=1S/C23H28N2O2/c1-4-21-10-5-6-13-25(21)23(27)19-9-7-8-18(15-19)22(26)24-20-12-11-16(2)17(3)14-20/h7-9,11-12,14-15,21H,4-6,10,13H2,1-3H3,(H,24,26). The molecule has 27 heavy (non-hydrogen) atoms. The summed E-state index contributed by atoms with van der Waals surface area (Å²) >= 11 is 0. The topological polar surface area (TPSA) is 49.4 Å². The summed E-state index contributed by atoms with van der Waals surface area (Å²) in [5.74, 6) is -0.166. The molecule has 2 amide bonds. The van der Waals surface area contributed by atoms with Crippen molar-refractivity contribution in [1.29, 1.82) is 0 Å². The highest BCUT2D eigenvalue weighted by Crippen LogP contribution is 2.22. The van der Waals surface area contributed by atoms with Crippen LogP contribution in [0.4, 0.5) is 5.69 Å². The van der Waals surface area contributed by atoms with Crippen molar-refractivity contribution >= 4 is 17.5 Å². The Hall–Kier alpha value is -2.62. The van der Waals surface area contributed by atoms with Gasteiger partial charge in [0.2, 0.25) is 0 Å². The van der Waals surface area contributed by atoms with Gasteiger partial charge in [-0.3, -0.25) is 9.59 Å². The summed E-state index contributed by atoms with van der Waals surface area (Å²) in [4.78, 5) is 27.6. The molecule has 0 aliphatic carbocycles. The fourth-order valence-corrected chi connectivity index (χ4v) is 3.67. The number of nitrogens with one attached hydrogen (secondary N) is 1. The van der Waals surface area contributed by atoms with Gasteiger partial charge in [0, 0.05) is 29.4 Å². The summed E-state index contributed by atoms with van der Waals surface area (Å²) < 4.78 is 0. The van der Waals surface area contributed by atoms with Gasteiger partial charge >= 0.3 is 0 Å². The number of hydrogen-bond donors (Lipinski definition) is 1. The quantitative estimate of drug-likeness (QED) is 0.833. The van der Waals surface area contributed by atoms with Crippen molar-refractivity contribution in [3.05, 3.63) is 64.7 Å². The molecule has 4 nitrogen and oxygen atoms in total. The van der Waals surface area contributed by atoms with E-state index in [9.17, 15) is 9.59 Å². The highest BCUT2D eigenvalue weighted by Gasteiger charge is 2.26. The minimum absolute atomic E-state index is 0.0300. The summed E-state index contributed by atoms with van der Waals surface area (Å²) in [5, 5.41) is 2.93. The third kappa shape index (κ3) is 4.38. The Labute approximate surface area is 161 Å². The Bertz CT molecular complexity index is 844. The van der Waals surface area contributed by atoms with Gasteiger partial charge < -0.3 is 10.2 Å². The molecule has 0 radical (unpaired) electrons. The largest absolute Gasteiger partial charge is 0.336 e. The number of amides is 2. The van der Waals surface area contributed by atoms with Gasteiger partial charge in [0.1, 0.15) is 0 Å². The van der Waals surface area contributed by atoms with Crippen LogP contribution < -0.4 is 5.32 Å². The molecule has 1 fully saturated rings. The second-order valence-electron chi connectivity index (χ2n) is 7.39. The van der Waals surface area contributed by atoms with E-state index in [2.05, 4.69) is 12.2 Å². The molecule has 2 aromatic carbocycles. The van der Waals surface area contributed by atoms with Gasteiger partial charge in [-0.15, -0.1) is 0 Å². The van der Waals surface area contributed by atoms with Crippen molar-refractivity contribution in [2.75, 3.05) is 11.9 Å². The fourth-order valence-electron chi connectivity index (χ4n) is 3.67. The van der Waals surface area contributed by atoms with Crippen LogP contribution in [0.5, 0.6) is 0 Å². The maximum atomic E-state index is 13.0. The molecule has 1 unspecified atom stereocenters. The average Bonchev–Trinajstić information content (AvgIpc) is 2.70. The molecule has 0 aromatic heterocycles. The number of piperidine rings is 1. The van der Waals surface area contributed by atoms with Crippen molar-refractivity contribution in [3.8, 4) is 0 Å². The molecule has 1 saturated heterocycles. The van der Waals surface area contributed by atoms with Crippen LogP contribution >= 0.6 is 0 Å². The van der Waals surface area contributed by atoms with E-state index >= 15 is 0 Å². The van der Waals surface area contributed by atoms with E-state index in [4.69, 9.17) is 0 Å². The molecule has 1 N–H and O–H groups in total. The third-order valence-corrected chi connectivity index (χ3v) is 5.50. The van der Waals surface area contributed by atoms with Crippen molar-refractivity contribution in [2.24, 2.45) is 0 Å². The number of hydrogen-bond acceptors (Lipinski definition) is 2. The van der Waals surface area contributed by atoms with E-state index in [1.165, 1.54) is 12.0 Å². The number of carbonyl (C=O) groups excluding carboxylic acids is 2. The van der Waals surface area contributed by atoms with E-state index in [0.29, 0.717) is 17.2 Å². The SMILES string of the molecule is CCC1CCCCN1C(=O)c1cccc(C(=O)Nc2ccc(C)c(C)c2)c1. The minimum atomic E-state index is -0.196. The molecule has 142 valence electrons. The van der Waals surface area contributed by atoms with Crippen molar-refractivity contribution < 1.29 is 9.59 Å². The zero-order valence-corrected chi connectivity index (χ0v) is 16.4. The minimum Gasteiger partial charge on any atom is -0.336 e. The Morgan fingerprint density at radius 2 is 1.81 bits per heavy atom. The van der Waals surface area contributed by atoms with Crippen LogP contribution in [0.2, 0.25) is 0 Å². The van der Waals surface area contributed by atoms with Gasteiger partial charge in [0.05, 0.1) is 0 Å². The molecular formula is C23H28N2O2. The second kappa shape index (κ2) is 8.38. The summed E-state index contributed by atoms with van der Waals surface area (Å²) in [5.41, 5.74) is 4.18. The third-order valence-electron chi connectivity index (χ3n) is 5.50. The lowest BCUT2D eigenvalue weighted by Gasteiger charge is -2.35. The first-order chi connectivity index (χ1) is 13.0. The molecule has 0 saturated carbocycles. The molecule has 4 heteroatoms. The smallest absolute Gasteiger partial charge is 0.255 e. The maximum absolute atomic E-state index is 13.0. The molecule has 1 aliphatic heterocycles. The first-order valence-corrected chi connectivity index (χ1v) is 9.79. The van der Waals surface area contributed by atoms with Crippen LogP contribution in [-0.2, 0) is 0 Å². The highest BCUT2D eigenvalue weighted by molar-refractivity contribution is 6.06. The molecule has 0 bridgehead atoms. The van der Waals surface area contributed by atoms with Crippen LogP contribution in [0, 0.1) is 13.8 Å². The summed E-state index contributed by atoms with van der Waals surface area (Å²) in [7, 11) is 0. The van der Waals surface area contributed by atoms with Gasteiger partial charge in [-0.1, -0.05) is 19.1 Å². The zero-order chi connectivity index (χ0) is 19.4. The predicted octanol–water partition coefficient (Wildman–Crippen LogP) is 4.96. The van der Waals surface area contributed by atoms with Crippen LogP contribution in [0.15, 0.2) is 42.5 Å². The van der Waals surface area contributed by atoms with E-state index in [1.54, 1.807) is 24.3 Å². The molecule has 3 rings (SSSR count). The van der Waals surface area contributed by atoms with E-state index in [1.807, 2.05) is 36.9 Å². The fraction of sp³-hybridized carbons (Fsp3) is 0.391. The molecule has 1 heterocycles. The van der Waals surface area contributed by atoms with Gasteiger partial charge in [0.15, 0.2) is 0 Å². The van der Waals surface area contributed by atoms with Crippen molar-refractivity contribution in [2.45, 2.75) is 52.5 Å². The molecular weight excluding hydrogens is 336 g/mol. The Kier molecular flexibility index (Phi) is 5.94. The number of aryl methyl sites for hydroxylation is 2. The Balaban J connectivity index is 1.77. The predicted molar refractivity (Wildman–Crippen MR) is 109 cm³/mol. The lowest BCUT2D eigenvalue weighted by molar-refractivity contribution is 0.0608. The Morgan fingerprint density at radius 3 is 2.56 bits per heavy atom. The molecule has 1 aliphatic rings. The van der Waals surface area contributed by atoms with Gasteiger partial charge in [-0.25, -0.2) is 0 Å². The van der Waals surface area contributed by atoms with Crippen LogP contribution in [-0.4, -0.2) is 29.3 Å². The molecule has 0 spiro atoms. The van der Waals surface area contributed by atoms with Crippen molar-refractivity contribution in [1.82, 2.24) is 4.90 Å². The normalized spacial score (nSPS) is 16.9. The summed E-state index contributed by atoms with van der Waals surface area (Å²) in [6.07, 6.45) is 4.27. The average molecular weight is 364 g/mol. The lowest BCUT2D eigenvalue weighted by atomic mass is 9.98. The Morgan fingerprint density at radius 1 is 1.04 bits per heavy atom. The number of likely N-dealkylation sites (tertiary alicyclic amines) is 1. The number of carbonyl (C=O) groups is 2. The van der Waals surface area contributed by atoms with E-state index < -0.39 is 0 Å². The molecule has 2 aromatic rings. The second-order valence-corrected chi connectivity index (χ2v) is 7.39. The number of anilines is 1. The monoisotopic (exact) mass is 364 g/mol. The van der Waals surface area contributed by atoms with Crippen LogP contribution in [0.25, 0.3) is 0 Å².